The van der Waals surface area contributed by atoms with Crippen LogP contribution in [0.25, 0.3) is 0 Å². The maximum absolute atomic E-state index is 2.28. The molecule has 9 heavy (non-hydrogen) atoms. The van der Waals surface area contributed by atoms with Crippen LogP contribution in [-0.4, -0.2) is 23.1 Å². The topological polar surface area (TPSA) is 0 Å². The Kier molecular flexibility index (Phi) is 11.1. The van der Waals surface area contributed by atoms with Gasteiger partial charge in [0.05, 0.1) is 0 Å². The molecule has 1 aliphatic carbocycles. The molecule has 0 aliphatic heterocycles. The third kappa shape index (κ3) is 5.92. The first-order chi connectivity index (χ1) is 3.39. The average molecular weight is 248 g/mol. The summed E-state index contributed by atoms with van der Waals surface area (Å²) in [7, 11) is 0. The van der Waals surface area contributed by atoms with E-state index in [0.29, 0.717) is 0 Å². The van der Waals surface area contributed by atoms with Crippen LogP contribution in [0.15, 0.2) is 0 Å². The first-order valence-electron chi connectivity index (χ1n) is 3.21. The quantitative estimate of drug-likeness (QED) is 0.298. The molecule has 0 unspecified atom stereocenters. The van der Waals surface area contributed by atoms with Crippen LogP contribution in [0.5, 0.6) is 0 Å². The molecule has 0 N–H and O–H groups in total. The van der Waals surface area contributed by atoms with Crippen LogP contribution in [0, 0.1) is 5.92 Å². The zero-order valence-electron chi connectivity index (χ0n) is 6.12. The van der Waals surface area contributed by atoms with Crippen molar-refractivity contribution in [3.05, 3.63) is 5.92 Å². The first-order valence-corrected chi connectivity index (χ1v) is 3.21. The van der Waals surface area contributed by atoms with Crippen molar-refractivity contribution in [3.63, 3.8) is 0 Å². The Hall–Kier alpha value is 1.50. The molecule has 0 atom stereocenters. The van der Waals surface area contributed by atoms with Crippen LogP contribution >= 0.6 is 0 Å². The fraction of sp³-hybridized carbons (Fsp3) is 0.857. The summed E-state index contributed by atoms with van der Waals surface area (Å²) in [5.74, 6) is 1.71. The molecule has 0 aromatic carbocycles. The molecule has 1 saturated carbocycles. The molecule has 0 spiro atoms. The van der Waals surface area contributed by atoms with Gasteiger partial charge in [0.2, 0.25) is 0 Å². The Balaban J connectivity index is 0. The van der Waals surface area contributed by atoms with E-state index < -0.39 is 0 Å². The van der Waals surface area contributed by atoms with Gasteiger partial charge in [0, 0.05) is 0 Å². The van der Waals surface area contributed by atoms with E-state index in [1.165, 1.54) is 32.1 Å². The van der Waals surface area contributed by atoms with E-state index in [-0.39, 0.29) is 47.0 Å². The van der Waals surface area contributed by atoms with Crippen LogP contribution in [0.2, 0.25) is 0 Å². The van der Waals surface area contributed by atoms with Gasteiger partial charge in [-0.3, -0.25) is 0 Å². The standard InChI is InChI=1S/C7H13.HI.Mg/c1-7-5-3-2-4-6-7;;/h2-6H2,1H3;1H;/q-1;;+2/p-1. The molecule has 0 radical (unpaired) electrons. The van der Waals surface area contributed by atoms with Gasteiger partial charge in [0.1, 0.15) is 0 Å². The van der Waals surface area contributed by atoms with Gasteiger partial charge >= 0.3 is 23.1 Å². The molecular formula is C7H13IMg. The van der Waals surface area contributed by atoms with E-state index in [1.54, 1.807) is 5.92 Å². The summed E-state index contributed by atoms with van der Waals surface area (Å²) >= 11 is 0. The summed E-state index contributed by atoms with van der Waals surface area (Å²) in [4.78, 5) is 0. The van der Waals surface area contributed by atoms with Crippen molar-refractivity contribution in [1.29, 1.82) is 0 Å². The largest absolute Gasteiger partial charge is 2.00 e. The molecule has 50 valence electrons. The van der Waals surface area contributed by atoms with Crippen molar-refractivity contribution in [2.45, 2.75) is 39.0 Å². The molecule has 0 heterocycles. The van der Waals surface area contributed by atoms with Gasteiger partial charge in [-0.05, 0) is 0 Å². The Morgan fingerprint density at radius 1 is 1.00 bits per heavy atom. The van der Waals surface area contributed by atoms with Gasteiger partial charge in [-0.2, -0.15) is 19.8 Å². The second-order valence-electron chi connectivity index (χ2n) is 2.52. The molecule has 0 saturated heterocycles. The molecule has 0 aromatic heterocycles. The minimum atomic E-state index is 0. The minimum absolute atomic E-state index is 0. The maximum Gasteiger partial charge on any atom is 2.00 e. The van der Waals surface area contributed by atoms with E-state index in [9.17, 15) is 0 Å². The third-order valence-corrected chi connectivity index (χ3v) is 1.71. The Bertz CT molecular complexity index is 50.9. The summed E-state index contributed by atoms with van der Waals surface area (Å²) in [6.07, 6.45) is 7.18. The second kappa shape index (κ2) is 7.60. The summed E-state index contributed by atoms with van der Waals surface area (Å²) in [5, 5.41) is 0. The van der Waals surface area contributed by atoms with Gasteiger partial charge in [0.15, 0.2) is 0 Å². The molecule has 1 aliphatic rings. The monoisotopic (exact) mass is 248 g/mol. The zero-order valence-corrected chi connectivity index (χ0v) is 9.69. The van der Waals surface area contributed by atoms with Crippen LogP contribution in [0.4, 0.5) is 0 Å². The predicted molar refractivity (Wildman–Crippen MR) is 37.8 cm³/mol. The van der Waals surface area contributed by atoms with Crippen molar-refractivity contribution in [3.8, 4) is 0 Å². The van der Waals surface area contributed by atoms with E-state index >= 15 is 0 Å². The van der Waals surface area contributed by atoms with E-state index in [2.05, 4.69) is 6.92 Å². The van der Waals surface area contributed by atoms with Gasteiger partial charge < -0.3 is 29.9 Å². The number of hydrogen-bond donors (Lipinski definition) is 0. The fourth-order valence-electron chi connectivity index (χ4n) is 1.16. The minimum Gasteiger partial charge on any atom is -1.00 e. The summed E-state index contributed by atoms with van der Waals surface area (Å²) < 4.78 is 0. The van der Waals surface area contributed by atoms with Crippen molar-refractivity contribution < 1.29 is 24.0 Å². The number of hydrogen-bond acceptors (Lipinski definition) is 0. The molecule has 2 heteroatoms. The van der Waals surface area contributed by atoms with Crippen LogP contribution in [0.1, 0.15) is 39.0 Å². The number of rotatable bonds is 0. The average Bonchev–Trinajstić information content (AvgIpc) is 1.69. The Labute approximate surface area is 91.3 Å². The number of halogens is 1. The molecule has 0 amide bonds. The second-order valence-corrected chi connectivity index (χ2v) is 2.52. The van der Waals surface area contributed by atoms with E-state index in [1.807, 2.05) is 0 Å². The fourth-order valence-corrected chi connectivity index (χ4v) is 1.16. The van der Waals surface area contributed by atoms with Crippen molar-refractivity contribution in [2.24, 2.45) is 0 Å². The normalized spacial score (nSPS) is 19.7. The first kappa shape index (κ1) is 13.1. The van der Waals surface area contributed by atoms with Crippen molar-refractivity contribution in [1.82, 2.24) is 0 Å². The van der Waals surface area contributed by atoms with Crippen LogP contribution in [-0.2, 0) is 0 Å². The summed E-state index contributed by atoms with van der Waals surface area (Å²) in [5.41, 5.74) is 0. The van der Waals surface area contributed by atoms with E-state index in [0.717, 1.165) is 0 Å². The zero-order chi connectivity index (χ0) is 5.11. The molecule has 0 bridgehead atoms. The summed E-state index contributed by atoms with van der Waals surface area (Å²) in [6, 6.07) is 0. The van der Waals surface area contributed by atoms with Gasteiger partial charge in [-0.15, -0.1) is 0 Å². The van der Waals surface area contributed by atoms with Crippen molar-refractivity contribution in [2.75, 3.05) is 0 Å². The molecule has 0 nitrogen and oxygen atoms in total. The van der Waals surface area contributed by atoms with Crippen LogP contribution < -0.4 is 24.0 Å². The Morgan fingerprint density at radius 2 is 1.44 bits per heavy atom. The van der Waals surface area contributed by atoms with Gasteiger partial charge in [-0.25, -0.2) is 0 Å². The smallest absolute Gasteiger partial charge is 1.00 e. The Morgan fingerprint density at radius 3 is 1.67 bits per heavy atom. The predicted octanol–water partition coefficient (Wildman–Crippen LogP) is -0.832. The van der Waals surface area contributed by atoms with Crippen molar-refractivity contribution >= 4 is 23.1 Å². The maximum atomic E-state index is 2.28. The third-order valence-electron chi connectivity index (χ3n) is 1.71. The van der Waals surface area contributed by atoms with Gasteiger partial charge in [0.25, 0.3) is 0 Å². The molecule has 1 fully saturated rings. The molecular weight excluding hydrogens is 235 g/mol. The SMILES string of the molecule is C[C-]1CCCCC1.[I-].[Mg+2]. The molecule has 0 aromatic rings. The van der Waals surface area contributed by atoms with Gasteiger partial charge in [-0.1, -0.05) is 19.3 Å². The van der Waals surface area contributed by atoms with E-state index in [4.69, 9.17) is 0 Å². The summed E-state index contributed by atoms with van der Waals surface area (Å²) in [6.45, 7) is 2.28. The molecule has 1 rings (SSSR count). The van der Waals surface area contributed by atoms with Crippen LogP contribution in [0.3, 0.4) is 0 Å².